The van der Waals surface area contributed by atoms with Crippen LogP contribution >= 0.6 is 0 Å². The summed E-state index contributed by atoms with van der Waals surface area (Å²) in [5.41, 5.74) is 0.322. The number of para-hydroxylation sites is 1. The van der Waals surface area contributed by atoms with Gasteiger partial charge in [0.05, 0.1) is 17.7 Å². The van der Waals surface area contributed by atoms with E-state index in [0.717, 1.165) is 6.07 Å². The van der Waals surface area contributed by atoms with E-state index in [1.54, 1.807) is 0 Å². The molecule has 0 atom stereocenters. The van der Waals surface area contributed by atoms with Crippen LogP contribution in [0, 0.1) is 0 Å². The van der Waals surface area contributed by atoms with Crippen molar-refractivity contribution in [2.24, 2.45) is 5.14 Å². The maximum Gasteiger partial charge on any atom is 0.573 e. The van der Waals surface area contributed by atoms with Gasteiger partial charge in [0.1, 0.15) is 11.5 Å². The highest BCUT2D eigenvalue weighted by molar-refractivity contribution is 7.89. The fraction of sp³-hybridized carbons (Fsp3) is 0.368. The van der Waals surface area contributed by atoms with Gasteiger partial charge in [-0.25, -0.2) is 13.6 Å². The van der Waals surface area contributed by atoms with Crippen molar-refractivity contribution in [1.29, 1.82) is 0 Å². The van der Waals surface area contributed by atoms with Gasteiger partial charge in [0, 0.05) is 37.3 Å². The molecule has 3 rings (SSSR count). The minimum atomic E-state index is -4.95. The molecular formula is C19H22F3N3O4S. The molecule has 1 aliphatic heterocycles. The summed E-state index contributed by atoms with van der Waals surface area (Å²) in [7, 11) is -0.911. The van der Waals surface area contributed by atoms with E-state index in [0.29, 0.717) is 37.6 Å². The number of nitrogens with two attached hydrogens (primary N) is 1. The zero-order valence-electron chi connectivity index (χ0n) is 16.4. The Kier molecular flexibility index (Phi) is 6.16. The molecule has 7 nitrogen and oxygen atoms in total. The van der Waals surface area contributed by atoms with Crippen LogP contribution < -0.4 is 19.5 Å². The number of ether oxygens (including phenoxy) is 2. The van der Waals surface area contributed by atoms with Gasteiger partial charge >= 0.3 is 6.36 Å². The lowest BCUT2D eigenvalue weighted by Crippen LogP contribution is -2.45. The molecule has 0 unspecified atom stereocenters. The van der Waals surface area contributed by atoms with Gasteiger partial charge in [0.2, 0.25) is 10.0 Å². The molecule has 0 spiro atoms. The Bertz CT molecular complexity index is 1020. The van der Waals surface area contributed by atoms with Gasteiger partial charge < -0.3 is 19.3 Å². The molecule has 1 aliphatic rings. The third-order valence-corrected chi connectivity index (χ3v) is 5.78. The summed E-state index contributed by atoms with van der Waals surface area (Å²) in [6, 6.07) is 8.04. The van der Waals surface area contributed by atoms with Crippen LogP contribution in [0.25, 0.3) is 11.1 Å². The molecule has 11 heteroatoms. The number of piperazine rings is 1. The average molecular weight is 445 g/mol. The predicted molar refractivity (Wildman–Crippen MR) is 106 cm³/mol. The number of likely N-dealkylation sites (N-methyl/N-ethyl adjacent to an activating group) is 1. The molecule has 2 N–H and O–H groups in total. The summed E-state index contributed by atoms with van der Waals surface area (Å²) in [5.74, 6) is -0.206. The predicted octanol–water partition coefficient (Wildman–Crippen LogP) is 2.66. The Morgan fingerprint density at radius 1 is 1.00 bits per heavy atom. The number of anilines is 1. The van der Waals surface area contributed by atoms with Crippen molar-refractivity contribution < 1.29 is 31.1 Å². The Morgan fingerprint density at radius 2 is 1.63 bits per heavy atom. The fourth-order valence-corrected chi connectivity index (χ4v) is 4.20. The van der Waals surface area contributed by atoms with Crippen LogP contribution in [0.1, 0.15) is 0 Å². The largest absolute Gasteiger partial charge is 0.573 e. The summed E-state index contributed by atoms with van der Waals surface area (Å²) >= 11 is 0. The third kappa shape index (κ3) is 4.79. The summed E-state index contributed by atoms with van der Waals surface area (Å²) in [4.78, 5) is 3.66. The van der Waals surface area contributed by atoms with E-state index in [1.807, 2.05) is 11.9 Å². The highest BCUT2D eigenvalue weighted by Gasteiger charge is 2.34. The SMILES string of the molecule is COc1ccc(S(N)(=O)=O)c(-c2ccccc2OC(F)(F)F)c1N1CCN(C)CC1. The molecule has 30 heavy (non-hydrogen) atoms. The summed E-state index contributed by atoms with van der Waals surface area (Å²) < 4.78 is 73.4. The number of benzene rings is 2. The second kappa shape index (κ2) is 8.32. The molecule has 0 bridgehead atoms. The molecule has 2 aromatic rings. The van der Waals surface area contributed by atoms with Crippen molar-refractivity contribution in [1.82, 2.24) is 4.90 Å². The van der Waals surface area contributed by atoms with E-state index in [1.165, 1.54) is 37.4 Å². The zero-order valence-corrected chi connectivity index (χ0v) is 17.3. The maximum absolute atomic E-state index is 13.0. The van der Waals surface area contributed by atoms with Crippen molar-refractivity contribution in [3.63, 3.8) is 0 Å². The van der Waals surface area contributed by atoms with Crippen molar-refractivity contribution in [3.8, 4) is 22.6 Å². The van der Waals surface area contributed by atoms with E-state index in [-0.39, 0.29) is 16.0 Å². The first-order chi connectivity index (χ1) is 14.0. The number of hydrogen-bond donors (Lipinski definition) is 1. The van der Waals surface area contributed by atoms with Crippen molar-refractivity contribution in [2.75, 3.05) is 45.2 Å². The smallest absolute Gasteiger partial charge is 0.495 e. The van der Waals surface area contributed by atoms with E-state index >= 15 is 0 Å². The van der Waals surface area contributed by atoms with Crippen LogP contribution in [0.4, 0.5) is 18.9 Å². The maximum atomic E-state index is 13.0. The number of rotatable bonds is 5. The van der Waals surface area contributed by atoms with E-state index in [9.17, 15) is 21.6 Å². The van der Waals surface area contributed by atoms with Gasteiger partial charge in [0.25, 0.3) is 0 Å². The van der Waals surface area contributed by atoms with Crippen LogP contribution in [0.2, 0.25) is 0 Å². The van der Waals surface area contributed by atoms with Crippen molar-refractivity contribution >= 4 is 15.7 Å². The first kappa shape index (κ1) is 22.2. The number of sulfonamides is 1. The molecule has 0 amide bonds. The number of methoxy groups -OCH3 is 1. The second-order valence-electron chi connectivity index (χ2n) is 6.87. The zero-order chi connectivity index (χ0) is 22.1. The third-order valence-electron chi connectivity index (χ3n) is 4.83. The minimum absolute atomic E-state index is 0.0150. The van der Waals surface area contributed by atoms with E-state index in [4.69, 9.17) is 9.88 Å². The van der Waals surface area contributed by atoms with Crippen molar-refractivity contribution in [2.45, 2.75) is 11.3 Å². The Morgan fingerprint density at radius 3 is 2.20 bits per heavy atom. The average Bonchev–Trinajstić information content (AvgIpc) is 2.66. The molecule has 0 saturated carbocycles. The Balaban J connectivity index is 2.32. The summed E-state index contributed by atoms with van der Waals surface area (Å²) in [6.45, 7) is 2.41. The topological polar surface area (TPSA) is 85.1 Å². The first-order valence-corrected chi connectivity index (χ1v) is 10.6. The van der Waals surface area contributed by atoms with Gasteiger partial charge in [-0.05, 0) is 25.2 Å². The normalized spacial score (nSPS) is 15.9. The number of halogens is 3. The molecule has 0 aromatic heterocycles. The van der Waals surface area contributed by atoms with Gasteiger partial charge in [-0.1, -0.05) is 18.2 Å². The van der Waals surface area contributed by atoms with Crippen LogP contribution in [-0.4, -0.2) is 60.0 Å². The number of alkyl halides is 3. The molecule has 1 fully saturated rings. The molecular weight excluding hydrogens is 423 g/mol. The first-order valence-electron chi connectivity index (χ1n) is 9.03. The molecule has 1 saturated heterocycles. The van der Waals surface area contributed by atoms with Crippen LogP contribution in [-0.2, 0) is 10.0 Å². The van der Waals surface area contributed by atoms with Gasteiger partial charge in [-0.3, -0.25) is 0 Å². The Labute approximate surface area is 172 Å². The monoisotopic (exact) mass is 445 g/mol. The Hall–Kier alpha value is -2.50. The second-order valence-corrected chi connectivity index (χ2v) is 8.40. The van der Waals surface area contributed by atoms with Crippen LogP contribution in [0.15, 0.2) is 41.3 Å². The lowest BCUT2D eigenvalue weighted by atomic mass is 10.00. The van der Waals surface area contributed by atoms with Crippen LogP contribution in [0.3, 0.4) is 0 Å². The summed E-state index contributed by atoms with van der Waals surface area (Å²) in [6.07, 6.45) is -4.95. The van der Waals surface area contributed by atoms with Gasteiger partial charge in [-0.2, -0.15) is 0 Å². The van der Waals surface area contributed by atoms with Gasteiger partial charge in [0.15, 0.2) is 0 Å². The summed E-state index contributed by atoms with van der Waals surface area (Å²) in [5, 5.41) is 5.43. The number of hydrogen-bond acceptors (Lipinski definition) is 6. The standard InChI is InChI=1S/C19H22F3N3O4S/c1-24-9-11-25(12-10-24)18-15(28-2)7-8-16(30(23,26)27)17(18)13-5-3-4-6-14(13)29-19(20,21)22/h3-8H,9-12H2,1-2H3,(H2,23,26,27). The number of nitrogens with zero attached hydrogens (tertiary/aromatic N) is 2. The van der Waals surface area contributed by atoms with Crippen molar-refractivity contribution in [3.05, 3.63) is 36.4 Å². The molecule has 2 aromatic carbocycles. The molecule has 0 aliphatic carbocycles. The van der Waals surface area contributed by atoms with Crippen LogP contribution in [0.5, 0.6) is 11.5 Å². The molecule has 164 valence electrons. The van der Waals surface area contributed by atoms with E-state index in [2.05, 4.69) is 9.64 Å². The molecule has 1 heterocycles. The highest BCUT2D eigenvalue weighted by atomic mass is 32.2. The quantitative estimate of drug-likeness (QED) is 0.762. The minimum Gasteiger partial charge on any atom is -0.495 e. The highest BCUT2D eigenvalue weighted by Crippen LogP contribution is 2.46. The van der Waals surface area contributed by atoms with E-state index < -0.39 is 22.1 Å². The lowest BCUT2D eigenvalue weighted by Gasteiger charge is -2.36. The molecule has 0 radical (unpaired) electrons. The number of primary sulfonamides is 1. The lowest BCUT2D eigenvalue weighted by molar-refractivity contribution is -0.274. The van der Waals surface area contributed by atoms with Gasteiger partial charge in [-0.15, -0.1) is 13.2 Å². The fourth-order valence-electron chi connectivity index (χ4n) is 3.45.